The van der Waals surface area contributed by atoms with Crippen LogP contribution in [-0.2, 0) is 20.1 Å². The van der Waals surface area contributed by atoms with Crippen molar-refractivity contribution in [1.29, 1.82) is 0 Å². The van der Waals surface area contributed by atoms with Gasteiger partial charge in [-0.05, 0) is 54.0 Å². The van der Waals surface area contributed by atoms with Gasteiger partial charge in [-0.3, -0.25) is 0 Å². The second-order valence-corrected chi connectivity index (χ2v) is 10.6. The van der Waals surface area contributed by atoms with E-state index in [0.717, 1.165) is 30.1 Å². The summed E-state index contributed by atoms with van der Waals surface area (Å²) in [4.78, 5) is 39.1. The normalized spacial score (nSPS) is 11.8. The number of rotatable bonds is 10. The number of aromatic nitrogens is 3. The van der Waals surface area contributed by atoms with E-state index in [1.165, 1.54) is 18.4 Å². The third kappa shape index (κ3) is 6.92. The fourth-order valence-electron chi connectivity index (χ4n) is 2.76. The Balaban J connectivity index is 1.90. The van der Waals surface area contributed by atoms with Gasteiger partial charge in [0, 0.05) is 23.4 Å². The first-order chi connectivity index (χ1) is 14.1. The number of nitrogens with zero attached hydrogens (tertiary/aromatic N) is 3. The van der Waals surface area contributed by atoms with Gasteiger partial charge in [-0.1, -0.05) is 20.8 Å². The zero-order chi connectivity index (χ0) is 22.3. The van der Waals surface area contributed by atoms with Crippen LogP contribution in [0.5, 0.6) is 0 Å². The molecule has 0 unspecified atom stereocenters. The fourth-order valence-corrected chi connectivity index (χ4v) is 4.87. The Morgan fingerprint density at radius 1 is 0.833 bits per heavy atom. The predicted octanol–water partition coefficient (Wildman–Crippen LogP) is 2.41. The van der Waals surface area contributed by atoms with Crippen LogP contribution in [0.25, 0.3) is 0 Å². The fraction of sp³-hybridized carbons (Fsp3) is 0.571. The molecule has 0 amide bonds. The lowest BCUT2D eigenvalue weighted by Gasteiger charge is -2.17. The third-order valence-electron chi connectivity index (χ3n) is 4.56. The van der Waals surface area contributed by atoms with Gasteiger partial charge in [-0.25, -0.2) is 28.1 Å². The highest BCUT2D eigenvalue weighted by Crippen LogP contribution is 2.27. The molecule has 1 heterocycles. The molecule has 1 aromatic heterocycles. The summed E-state index contributed by atoms with van der Waals surface area (Å²) in [7, 11) is 1.34. The first-order valence-corrected chi connectivity index (χ1v) is 12.0. The van der Waals surface area contributed by atoms with E-state index in [1.54, 1.807) is 11.8 Å². The molecule has 1 aromatic carbocycles. The molecular weight excluding hydrogens is 422 g/mol. The van der Waals surface area contributed by atoms with Crippen LogP contribution in [0, 0.1) is 5.41 Å². The molecule has 0 aliphatic heterocycles. The molecule has 1 N–H and O–H groups in total. The van der Waals surface area contributed by atoms with E-state index in [1.807, 2.05) is 11.8 Å². The third-order valence-corrected chi connectivity index (χ3v) is 6.67. The van der Waals surface area contributed by atoms with E-state index >= 15 is 0 Å². The molecule has 166 valence electrons. The van der Waals surface area contributed by atoms with Gasteiger partial charge in [-0.2, -0.15) is 0 Å². The molecule has 7 nitrogen and oxygen atoms in total. The van der Waals surface area contributed by atoms with Crippen LogP contribution in [0.1, 0.15) is 33.6 Å². The van der Waals surface area contributed by atoms with Crippen LogP contribution in [0.2, 0.25) is 0 Å². The smallest absolute Gasteiger partial charge is 0.336 e. The molecule has 30 heavy (non-hydrogen) atoms. The molecule has 0 aliphatic carbocycles. The Kier molecular flexibility index (Phi) is 9.06. The molecule has 9 heteroatoms. The molecular formula is C21H31N3O4S2. The van der Waals surface area contributed by atoms with Crippen molar-refractivity contribution in [3.05, 3.63) is 55.7 Å². The second-order valence-electron chi connectivity index (χ2n) is 8.27. The highest BCUT2D eigenvalue weighted by atomic mass is 32.2. The summed E-state index contributed by atoms with van der Waals surface area (Å²) in [5.41, 5.74) is -1.65. The monoisotopic (exact) mass is 453 g/mol. The van der Waals surface area contributed by atoms with Crippen LogP contribution >= 0.6 is 23.5 Å². The van der Waals surface area contributed by atoms with Crippen molar-refractivity contribution in [2.24, 2.45) is 12.5 Å². The van der Waals surface area contributed by atoms with Gasteiger partial charge in [0.15, 0.2) is 0 Å². The van der Waals surface area contributed by atoms with Gasteiger partial charge < -0.3 is 5.11 Å². The van der Waals surface area contributed by atoms with Crippen LogP contribution in [0.4, 0.5) is 0 Å². The van der Waals surface area contributed by atoms with Crippen LogP contribution in [0.15, 0.2) is 48.4 Å². The average molecular weight is 454 g/mol. The molecule has 0 atom stereocenters. The summed E-state index contributed by atoms with van der Waals surface area (Å²) >= 11 is 3.53. The molecule has 0 saturated heterocycles. The van der Waals surface area contributed by atoms with Crippen LogP contribution in [0.3, 0.4) is 0 Å². The van der Waals surface area contributed by atoms with Crippen molar-refractivity contribution >= 4 is 23.5 Å². The zero-order valence-electron chi connectivity index (χ0n) is 18.1. The van der Waals surface area contributed by atoms with Gasteiger partial charge in [0.25, 0.3) is 0 Å². The maximum atomic E-state index is 12.4. The van der Waals surface area contributed by atoms with Crippen molar-refractivity contribution < 1.29 is 5.11 Å². The van der Waals surface area contributed by atoms with Crippen molar-refractivity contribution in [2.45, 2.75) is 56.5 Å². The largest absolute Gasteiger partial charge is 0.395 e. The lowest BCUT2D eigenvalue weighted by Crippen LogP contribution is -2.54. The van der Waals surface area contributed by atoms with Crippen molar-refractivity contribution in [1.82, 2.24) is 13.7 Å². The Bertz CT molecular complexity index is 1000. The topological polar surface area (TPSA) is 86.2 Å². The molecule has 0 spiro atoms. The first kappa shape index (κ1) is 24.6. The van der Waals surface area contributed by atoms with E-state index in [-0.39, 0.29) is 19.7 Å². The lowest BCUT2D eigenvalue weighted by molar-refractivity contribution is 0.265. The van der Waals surface area contributed by atoms with Gasteiger partial charge >= 0.3 is 17.1 Å². The van der Waals surface area contributed by atoms with Crippen molar-refractivity contribution in [3.63, 3.8) is 0 Å². The van der Waals surface area contributed by atoms with Crippen molar-refractivity contribution in [3.8, 4) is 0 Å². The summed E-state index contributed by atoms with van der Waals surface area (Å²) < 4.78 is 2.86. The Hall–Kier alpha value is -1.71. The van der Waals surface area contributed by atoms with E-state index in [9.17, 15) is 14.4 Å². The number of benzene rings is 1. The molecule has 0 saturated carbocycles. The molecule has 0 fully saturated rings. The summed E-state index contributed by atoms with van der Waals surface area (Å²) in [6.45, 7) is 6.51. The molecule has 0 aliphatic rings. The minimum atomic E-state index is -0.704. The van der Waals surface area contributed by atoms with E-state index in [4.69, 9.17) is 5.11 Å². The maximum Gasteiger partial charge on any atom is 0.336 e. The van der Waals surface area contributed by atoms with E-state index in [0.29, 0.717) is 11.8 Å². The number of hydrogen-bond donors (Lipinski definition) is 1. The van der Waals surface area contributed by atoms with Gasteiger partial charge in [0.05, 0.1) is 13.2 Å². The highest BCUT2D eigenvalue weighted by molar-refractivity contribution is 7.99. The number of thioether (sulfide) groups is 2. The van der Waals surface area contributed by atoms with Gasteiger partial charge in [0.1, 0.15) is 0 Å². The summed E-state index contributed by atoms with van der Waals surface area (Å²) in [5, 5.41) is 9.06. The standard InChI is InChI=1S/C21H31N3O4S2/c1-21(2,3)10-15-30-17-8-6-16(7-9-17)29-14-5-11-23-18(26)22(4)19(27)24(12-13-25)20(23)28/h6-9,25H,5,10-15H2,1-4H3. The maximum absolute atomic E-state index is 12.4. The zero-order valence-corrected chi connectivity index (χ0v) is 19.7. The molecule has 2 rings (SSSR count). The van der Waals surface area contributed by atoms with E-state index in [2.05, 4.69) is 45.0 Å². The number of hydrogen-bond acceptors (Lipinski definition) is 6. The molecule has 0 bridgehead atoms. The summed E-state index contributed by atoms with van der Waals surface area (Å²) in [6.07, 6.45) is 1.78. The minimum absolute atomic E-state index is 0.124. The highest BCUT2D eigenvalue weighted by Gasteiger charge is 2.12. The minimum Gasteiger partial charge on any atom is -0.395 e. The quantitative estimate of drug-likeness (QED) is 0.439. The lowest BCUT2D eigenvalue weighted by atomic mass is 9.94. The number of aliphatic hydroxyl groups excluding tert-OH is 1. The van der Waals surface area contributed by atoms with Crippen LogP contribution < -0.4 is 17.1 Å². The van der Waals surface area contributed by atoms with Crippen LogP contribution in [-0.4, -0.2) is 36.9 Å². The van der Waals surface area contributed by atoms with Gasteiger partial charge in [-0.15, -0.1) is 23.5 Å². The first-order valence-electron chi connectivity index (χ1n) is 10.0. The summed E-state index contributed by atoms with van der Waals surface area (Å²) in [5.74, 6) is 1.84. The average Bonchev–Trinajstić information content (AvgIpc) is 2.69. The Morgan fingerprint density at radius 2 is 1.33 bits per heavy atom. The van der Waals surface area contributed by atoms with Gasteiger partial charge in [0.2, 0.25) is 0 Å². The Labute approximate surface area is 185 Å². The predicted molar refractivity (Wildman–Crippen MR) is 124 cm³/mol. The van der Waals surface area contributed by atoms with Crippen molar-refractivity contribution in [2.75, 3.05) is 18.1 Å². The second kappa shape index (κ2) is 11.1. The van der Waals surface area contributed by atoms with E-state index < -0.39 is 17.1 Å². The Morgan fingerprint density at radius 3 is 1.83 bits per heavy atom. The molecule has 0 radical (unpaired) electrons. The summed E-state index contributed by atoms with van der Waals surface area (Å²) in [6, 6.07) is 8.44. The molecule has 2 aromatic rings. The number of aliphatic hydroxyl groups is 1. The SMILES string of the molecule is Cn1c(=O)n(CCO)c(=O)n(CCCSc2ccc(SCCC(C)(C)C)cc2)c1=O.